The van der Waals surface area contributed by atoms with Crippen molar-refractivity contribution in [2.45, 2.75) is 33.2 Å². The van der Waals surface area contributed by atoms with Crippen molar-refractivity contribution < 1.29 is 9.18 Å². The molecule has 0 aromatic heterocycles. The van der Waals surface area contributed by atoms with E-state index < -0.39 is 6.04 Å². The van der Waals surface area contributed by atoms with E-state index in [0.29, 0.717) is 5.69 Å². The van der Waals surface area contributed by atoms with Gasteiger partial charge in [-0.15, -0.1) is 0 Å². The first kappa shape index (κ1) is 13.6. The maximum absolute atomic E-state index is 13.0. The summed E-state index contributed by atoms with van der Waals surface area (Å²) < 4.78 is 13.0. The first-order valence-corrected chi connectivity index (χ1v) is 5.78. The molecule has 0 unspecified atom stereocenters. The van der Waals surface area contributed by atoms with Crippen LogP contribution in [0.4, 0.5) is 10.1 Å². The number of hydrogen-bond donors (Lipinski definition) is 2. The predicted molar refractivity (Wildman–Crippen MR) is 67.2 cm³/mol. The summed E-state index contributed by atoms with van der Waals surface area (Å²) >= 11 is 0. The smallest absolute Gasteiger partial charge is 0.241 e. The SMILES string of the molecule is CC[C@H](C)[C@H](N)C(=O)Nc1cc(F)ccc1C. The van der Waals surface area contributed by atoms with Crippen LogP contribution in [-0.4, -0.2) is 11.9 Å². The number of anilines is 1. The van der Waals surface area contributed by atoms with Gasteiger partial charge in [-0.1, -0.05) is 26.3 Å². The lowest BCUT2D eigenvalue weighted by Crippen LogP contribution is -2.40. The van der Waals surface area contributed by atoms with Crippen LogP contribution in [0.1, 0.15) is 25.8 Å². The minimum atomic E-state index is -0.567. The van der Waals surface area contributed by atoms with Gasteiger partial charge in [-0.3, -0.25) is 4.79 Å². The van der Waals surface area contributed by atoms with Crippen LogP contribution >= 0.6 is 0 Å². The van der Waals surface area contributed by atoms with E-state index in [1.807, 2.05) is 20.8 Å². The van der Waals surface area contributed by atoms with Crippen molar-refractivity contribution in [1.82, 2.24) is 0 Å². The second kappa shape index (κ2) is 5.77. The molecule has 1 amide bonds. The van der Waals surface area contributed by atoms with Crippen molar-refractivity contribution >= 4 is 11.6 Å². The van der Waals surface area contributed by atoms with Crippen LogP contribution in [0, 0.1) is 18.7 Å². The number of aryl methyl sites for hydroxylation is 1. The maximum Gasteiger partial charge on any atom is 0.241 e. The number of hydrogen-bond acceptors (Lipinski definition) is 2. The van der Waals surface area contributed by atoms with E-state index in [-0.39, 0.29) is 17.6 Å². The molecular weight excluding hydrogens is 219 g/mol. The van der Waals surface area contributed by atoms with Gasteiger partial charge in [-0.2, -0.15) is 0 Å². The molecule has 1 rings (SSSR count). The molecule has 3 N–H and O–H groups in total. The third-order valence-corrected chi connectivity index (χ3v) is 3.02. The fraction of sp³-hybridized carbons (Fsp3) is 0.462. The molecule has 0 radical (unpaired) electrons. The van der Waals surface area contributed by atoms with Gasteiger partial charge < -0.3 is 11.1 Å². The first-order valence-electron chi connectivity index (χ1n) is 5.78. The molecule has 0 bridgehead atoms. The molecule has 3 nitrogen and oxygen atoms in total. The molecule has 0 aliphatic heterocycles. The molecular formula is C13H19FN2O. The van der Waals surface area contributed by atoms with Gasteiger partial charge in [0.2, 0.25) is 5.91 Å². The third kappa shape index (κ3) is 3.53. The highest BCUT2D eigenvalue weighted by molar-refractivity contribution is 5.95. The standard InChI is InChI=1S/C13H19FN2O/c1-4-8(2)12(15)13(17)16-11-7-10(14)6-5-9(11)3/h5-8,12H,4,15H2,1-3H3,(H,16,17)/t8-,12-/m0/s1. The monoisotopic (exact) mass is 238 g/mol. The van der Waals surface area contributed by atoms with Gasteiger partial charge in [-0.25, -0.2) is 4.39 Å². The number of benzene rings is 1. The lowest BCUT2D eigenvalue weighted by molar-refractivity contribution is -0.118. The number of nitrogens with one attached hydrogen (secondary N) is 1. The molecule has 0 spiro atoms. The van der Waals surface area contributed by atoms with Crippen molar-refractivity contribution in [1.29, 1.82) is 0 Å². The third-order valence-electron chi connectivity index (χ3n) is 3.02. The highest BCUT2D eigenvalue weighted by Gasteiger charge is 2.19. The zero-order chi connectivity index (χ0) is 13.0. The van der Waals surface area contributed by atoms with Crippen molar-refractivity contribution in [3.05, 3.63) is 29.6 Å². The molecule has 17 heavy (non-hydrogen) atoms. The fourth-order valence-corrected chi connectivity index (χ4v) is 1.46. The first-order chi connectivity index (χ1) is 7.95. The van der Waals surface area contributed by atoms with Gasteiger partial charge in [0.1, 0.15) is 5.82 Å². The summed E-state index contributed by atoms with van der Waals surface area (Å²) in [7, 11) is 0. The second-order valence-electron chi connectivity index (χ2n) is 4.36. The summed E-state index contributed by atoms with van der Waals surface area (Å²) in [6.45, 7) is 5.71. The summed E-state index contributed by atoms with van der Waals surface area (Å²) in [4.78, 5) is 11.8. The Hall–Kier alpha value is -1.42. The van der Waals surface area contributed by atoms with Crippen molar-refractivity contribution in [3.63, 3.8) is 0 Å². The van der Waals surface area contributed by atoms with E-state index >= 15 is 0 Å². The van der Waals surface area contributed by atoms with E-state index in [1.54, 1.807) is 6.07 Å². The van der Waals surface area contributed by atoms with Crippen LogP contribution in [-0.2, 0) is 4.79 Å². The van der Waals surface area contributed by atoms with Gasteiger partial charge in [0.25, 0.3) is 0 Å². The lowest BCUT2D eigenvalue weighted by atomic mass is 9.99. The summed E-state index contributed by atoms with van der Waals surface area (Å²) in [6, 6.07) is 3.72. The Morgan fingerprint density at radius 3 is 2.76 bits per heavy atom. The van der Waals surface area contributed by atoms with Crippen LogP contribution in [0.3, 0.4) is 0 Å². The Bertz CT molecular complexity index is 406. The Kier molecular flexibility index (Phi) is 4.63. The zero-order valence-corrected chi connectivity index (χ0v) is 10.5. The largest absolute Gasteiger partial charge is 0.324 e. The lowest BCUT2D eigenvalue weighted by Gasteiger charge is -2.18. The number of amides is 1. The normalized spacial score (nSPS) is 14.2. The fourth-order valence-electron chi connectivity index (χ4n) is 1.46. The summed E-state index contributed by atoms with van der Waals surface area (Å²) in [5.74, 6) is -0.542. The van der Waals surface area contributed by atoms with Crippen molar-refractivity contribution in [2.24, 2.45) is 11.7 Å². The molecule has 0 aliphatic carbocycles. The van der Waals surface area contributed by atoms with Gasteiger partial charge in [0.15, 0.2) is 0 Å². The quantitative estimate of drug-likeness (QED) is 0.846. The molecule has 0 aliphatic rings. The van der Waals surface area contributed by atoms with Crippen LogP contribution in [0.2, 0.25) is 0 Å². The van der Waals surface area contributed by atoms with Crippen LogP contribution in [0.15, 0.2) is 18.2 Å². The maximum atomic E-state index is 13.0. The molecule has 1 aromatic rings. The van der Waals surface area contributed by atoms with Gasteiger partial charge in [0, 0.05) is 5.69 Å². The minimum Gasteiger partial charge on any atom is -0.324 e. The Morgan fingerprint density at radius 1 is 1.53 bits per heavy atom. The van der Waals surface area contributed by atoms with Crippen LogP contribution in [0.25, 0.3) is 0 Å². The Balaban J connectivity index is 2.77. The Morgan fingerprint density at radius 2 is 2.18 bits per heavy atom. The Labute approximate surface area is 101 Å². The minimum absolute atomic E-state index is 0.101. The molecule has 0 fully saturated rings. The number of halogens is 1. The summed E-state index contributed by atoms with van der Waals surface area (Å²) in [6.07, 6.45) is 0.830. The highest BCUT2D eigenvalue weighted by Crippen LogP contribution is 2.17. The number of carbonyl (C=O) groups is 1. The van der Waals surface area contributed by atoms with Crippen molar-refractivity contribution in [2.75, 3.05) is 5.32 Å². The summed E-state index contributed by atoms with van der Waals surface area (Å²) in [5, 5.41) is 2.66. The molecule has 4 heteroatoms. The predicted octanol–water partition coefficient (Wildman–Crippen LogP) is 2.45. The van der Waals surface area contributed by atoms with Crippen LogP contribution < -0.4 is 11.1 Å². The molecule has 1 aromatic carbocycles. The average Bonchev–Trinajstić information content (AvgIpc) is 2.31. The molecule has 0 heterocycles. The van der Waals surface area contributed by atoms with Gasteiger partial charge in [0.05, 0.1) is 6.04 Å². The molecule has 94 valence electrons. The highest BCUT2D eigenvalue weighted by atomic mass is 19.1. The average molecular weight is 238 g/mol. The number of nitrogens with two attached hydrogens (primary N) is 1. The van der Waals surface area contributed by atoms with Gasteiger partial charge >= 0.3 is 0 Å². The van der Waals surface area contributed by atoms with E-state index in [2.05, 4.69) is 5.32 Å². The summed E-state index contributed by atoms with van der Waals surface area (Å²) in [5.41, 5.74) is 7.10. The number of rotatable bonds is 4. The van der Waals surface area contributed by atoms with Crippen LogP contribution in [0.5, 0.6) is 0 Å². The zero-order valence-electron chi connectivity index (χ0n) is 10.5. The van der Waals surface area contributed by atoms with E-state index in [4.69, 9.17) is 5.73 Å². The van der Waals surface area contributed by atoms with Gasteiger partial charge in [-0.05, 0) is 30.5 Å². The number of carbonyl (C=O) groups excluding carboxylic acids is 1. The van der Waals surface area contributed by atoms with E-state index in [1.165, 1.54) is 12.1 Å². The molecule has 0 saturated carbocycles. The molecule has 0 saturated heterocycles. The van der Waals surface area contributed by atoms with E-state index in [0.717, 1.165) is 12.0 Å². The topological polar surface area (TPSA) is 55.1 Å². The van der Waals surface area contributed by atoms with Crippen molar-refractivity contribution in [3.8, 4) is 0 Å². The molecule has 2 atom stereocenters. The second-order valence-corrected chi connectivity index (χ2v) is 4.36. The van der Waals surface area contributed by atoms with E-state index in [9.17, 15) is 9.18 Å².